The Labute approximate surface area is 328 Å². The molecular formula is C54H37NO. The van der Waals surface area contributed by atoms with Gasteiger partial charge in [0.05, 0.1) is 0 Å². The molecule has 0 unspecified atom stereocenters. The Bertz CT molecular complexity index is 2780. The number of rotatable bonds is 7. The largest absolute Gasteiger partial charge is 0.456 e. The van der Waals surface area contributed by atoms with Gasteiger partial charge in [-0.3, -0.25) is 0 Å². The fourth-order valence-electron chi connectivity index (χ4n) is 7.84. The summed E-state index contributed by atoms with van der Waals surface area (Å²) in [6, 6.07) is 79.9. The molecule has 9 aromatic carbocycles. The molecule has 10 rings (SSSR count). The Kier molecular flexibility index (Phi) is 8.55. The number of hydrogen-bond donors (Lipinski definition) is 0. The van der Waals surface area contributed by atoms with Crippen LogP contribution in [0.4, 0.5) is 17.1 Å². The second-order valence-electron chi connectivity index (χ2n) is 14.1. The molecule has 9 aromatic rings. The Morgan fingerprint density at radius 2 is 0.554 bits per heavy atom. The summed E-state index contributed by atoms with van der Waals surface area (Å²) in [4.78, 5) is 2.34. The first-order valence-corrected chi connectivity index (χ1v) is 19.1. The van der Waals surface area contributed by atoms with Crippen LogP contribution in [0.3, 0.4) is 0 Å². The van der Waals surface area contributed by atoms with E-state index >= 15 is 0 Å². The zero-order valence-corrected chi connectivity index (χ0v) is 30.7. The van der Waals surface area contributed by atoms with Crippen LogP contribution in [0.1, 0.15) is 0 Å². The molecular weight excluding hydrogens is 679 g/mol. The molecule has 0 saturated heterocycles. The SMILES string of the molecule is c1ccc(-c2ccc(-c3ccc(N(c4ccc(-c5ccccc5)cc4)c4ccc5c(c4)-c4ccccc4-c4cc(-c6ccccc6)ccc4O5)cc3)cc2)cc1. The Morgan fingerprint density at radius 1 is 0.232 bits per heavy atom. The van der Waals surface area contributed by atoms with Gasteiger partial charge in [0.15, 0.2) is 0 Å². The number of anilines is 3. The van der Waals surface area contributed by atoms with Gasteiger partial charge in [0.1, 0.15) is 11.5 Å². The summed E-state index contributed by atoms with van der Waals surface area (Å²) >= 11 is 0. The highest BCUT2D eigenvalue weighted by Crippen LogP contribution is 2.50. The van der Waals surface area contributed by atoms with E-state index in [1.807, 2.05) is 0 Å². The topological polar surface area (TPSA) is 12.5 Å². The first kappa shape index (κ1) is 33.2. The van der Waals surface area contributed by atoms with Gasteiger partial charge in [-0.2, -0.15) is 0 Å². The van der Waals surface area contributed by atoms with Crippen molar-refractivity contribution in [2.75, 3.05) is 4.90 Å². The van der Waals surface area contributed by atoms with Crippen LogP contribution < -0.4 is 9.64 Å². The van der Waals surface area contributed by atoms with Gasteiger partial charge in [0.25, 0.3) is 0 Å². The molecule has 1 heterocycles. The van der Waals surface area contributed by atoms with E-state index in [0.29, 0.717) is 0 Å². The molecule has 0 fully saturated rings. The fraction of sp³-hybridized carbons (Fsp3) is 0. The van der Waals surface area contributed by atoms with Crippen molar-refractivity contribution in [3.8, 4) is 78.3 Å². The van der Waals surface area contributed by atoms with E-state index in [9.17, 15) is 0 Å². The van der Waals surface area contributed by atoms with E-state index in [0.717, 1.165) is 56.4 Å². The summed E-state index contributed by atoms with van der Waals surface area (Å²) in [5.74, 6) is 1.69. The van der Waals surface area contributed by atoms with Gasteiger partial charge < -0.3 is 9.64 Å². The lowest BCUT2D eigenvalue weighted by Gasteiger charge is -2.27. The number of fused-ring (bicyclic) bond motifs is 5. The second-order valence-corrected chi connectivity index (χ2v) is 14.1. The van der Waals surface area contributed by atoms with Crippen LogP contribution in [0.15, 0.2) is 224 Å². The number of ether oxygens (including phenoxy) is 1. The van der Waals surface area contributed by atoms with Crippen LogP contribution in [0, 0.1) is 0 Å². The van der Waals surface area contributed by atoms with Crippen molar-refractivity contribution >= 4 is 17.1 Å². The van der Waals surface area contributed by atoms with Gasteiger partial charge in [0.2, 0.25) is 0 Å². The molecule has 0 saturated carbocycles. The smallest absolute Gasteiger partial charge is 0.135 e. The normalized spacial score (nSPS) is 11.4. The molecule has 1 aliphatic heterocycles. The number of benzene rings is 9. The minimum Gasteiger partial charge on any atom is -0.456 e. The van der Waals surface area contributed by atoms with Crippen LogP contribution in [0.5, 0.6) is 11.5 Å². The monoisotopic (exact) mass is 715 g/mol. The molecule has 0 spiro atoms. The average Bonchev–Trinajstić information content (AvgIpc) is 3.42. The summed E-state index contributed by atoms with van der Waals surface area (Å²) in [6.07, 6.45) is 0. The molecule has 0 N–H and O–H groups in total. The summed E-state index contributed by atoms with van der Waals surface area (Å²) in [5, 5.41) is 0. The first-order chi connectivity index (χ1) is 27.7. The van der Waals surface area contributed by atoms with Gasteiger partial charge in [-0.15, -0.1) is 0 Å². The lowest BCUT2D eigenvalue weighted by atomic mass is 9.92. The minimum absolute atomic E-state index is 0.834. The van der Waals surface area contributed by atoms with Crippen molar-refractivity contribution in [1.82, 2.24) is 0 Å². The molecule has 56 heavy (non-hydrogen) atoms. The molecule has 264 valence electrons. The number of nitrogens with zero attached hydrogens (tertiary/aromatic N) is 1. The van der Waals surface area contributed by atoms with Crippen LogP contribution >= 0.6 is 0 Å². The maximum atomic E-state index is 6.77. The summed E-state index contributed by atoms with van der Waals surface area (Å²) in [5.41, 5.74) is 17.1. The summed E-state index contributed by atoms with van der Waals surface area (Å²) in [6.45, 7) is 0. The van der Waals surface area contributed by atoms with E-state index in [1.54, 1.807) is 0 Å². The average molecular weight is 716 g/mol. The van der Waals surface area contributed by atoms with Gasteiger partial charge in [-0.1, -0.05) is 170 Å². The van der Waals surface area contributed by atoms with E-state index in [4.69, 9.17) is 4.74 Å². The molecule has 0 aliphatic carbocycles. The highest BCUT2D eigenvalue weighted by molar-refractivity contribution is 5.94. The molecule has 0 bridgehead atoms. The lowest BCUT2D eigenvalue weighted by Crippen LogP contribution is -2.10. The van der Waals surface area contributed by atoms with Gasteiger partial charge >= 0.3 is 0 Å². The van der Waals surface area contributed by atoms with E-state index in [1.165, 1.54) is 38.9 Å². The van der Waals surface area contributed by atoms with Crippen molar-refractivity contribution in [2.24, 2.45) is 0 Å². The Morgan fingerprint density at radius 3 is 1.02 bits per heavy atom. The zero-order chi connectivity index (χ0) is 37.3. The van der Waals surface area contributed by atoms with Gasteiger partial charge in [-0.05, 0) is 110 Å². The quantitative estimate of drug-likeness (QED) is 0.163. The second kappa shape index (κ2) is 14.4. The molecule has 0 radical (unpaired) electrons. The van der Waals surface area contributed by atoms with Gasteiger partial charge in [-0.25, -0.2) is 0 Å². The Hall–Kier alpha value is -7.42. The molecule has 1 aliphatic rings. The van der Waals surface area contributed by atoms with Crippen LogP contribution in [0.2, 0.25) is 0 Å². The van der Waals surface area contributed by atoms with Crippen LogP contribution in [-0.2, 0) is 0 Å². The maximum absolute atomic E-state index is 6.77. The Balaban J connectivity index is 1.06. The van der Waals surface area contributed by atoms with Gasteiger partial charge in [0, 0.05) is 28.2 Å². The molecule has 2 nitrogen and oxygen atoms in total. The maximum Gasteiger partial charge on any atom is 0.135 e. The molecule has 0 aromatic heterocycles. The van der Waals surface area contributed by atoms with Crippen molar-refractivity contribution in [1.29, 1.82) is 0 Å². The van der Waals surface area contributed by atoms with Crippen LogP contribution in [0.25, 0.3) is 66.8 Å². The van der Waals surface area contributed by atoms with Crippen molar-refractivity contribution in [3.63, 3.8) is 0 Å². The minimum atomic E-state index is 0.834. The third kappa shape index (κ3) is 6.34. The lowest BCUT2D eigenvalue weighted by molar-refractivity contribution is 0.488. The van der Waals surface area contributed by atoms with E-state index < -0.39 is 0 Å². The predicted octanol–water partition coefficient (Wildman–Crippen LogP) is 15.3. The first-order valence-electron chi connectivity index (χ1n) is 19.1. The molecule has 0 amide bonds. The highest BCUT2D eigenvalue weighted by Gasteiger charge is 2.23. The van der Waals surface area contributed by atoms with E-state index in [2.05, 4.69) is 229 Å². The summed E-state index contributed by atoms with van der Waals surface area (Å²) in [7, 11) is 0. The standard InChI is InChI=1S/C54H37NO/c1-4-12-38(13-5-1)41-20-22-42(23-21-41)44-26-31-47(32-27-44)55(46-29-24-43(25-30-46)39-14-6-2-7-15-39)48-33-35-54-52(37-48)50-19-11-10-18-49(50)51-36-45(28-34-53(51)56-54)40-16-8-3-9-17-40/h1-37H. The molecule has 0 atom stereocenters. The predicted molar refractivity (Wildman–Crippen MR) is 234 cm³/mol. The fourth-order valence-corrected chi connectivity index (χ4v) is 7.84. The van der Waals surface area contributed by atoms with Crippen LogP contribution in [-0.4, -0.2) is 0 Å². The zero-order valence-electron chi connectivity index (χ0n) is 30.7. The highest BCUT2D eigenvalue weighted by atomic mass is 16.5. The molecule has 2 heteroatoms. The van der Waals surface area contributed by atoms with E-state index in [-0.39, 0.29) is 0 Å². The summed E-state index contributed by atoms with van der Waals surface area (Å²) < 4.78 is 6.77. The number of hydrogen-bond acceptors (Lipinski definition) is 2. The van der Waals surface area contributed by atoms with Crippen molar-refractivity contribution < 1.29 is 4.74 Å². The van der Waals surface area contributed by atoms with Crippen molar-refractivity contribution in [3.05, 3.63) is 224 Å². The third-order valence-corrected chi connectivity index (χ3v) is 10.7. The van der Waals surface area contributed by atoms with Crippen molar-refractivity contribution in [2.45, 2.75) is 0 Å². The third-order valence-electron chi connectivity index (χ3n) is 10.7.